The Morgan fingerprint density at radius 1 is 1.58 bits per heavy atom. The van der Waals surface area contributed by atoms with E-state index in [4.69, 9.17) is 5.11 Å². The highest BCUT2D eigenvalue weighted by molar-refractivity contribution is 7.89. The van der Waals surface area contributed by atoms with Crippen molar-refractivity contribution in [2.75, 3.05) is 0 Å². The molecule has 0 aliphatic heterocycles. The maximum atomic E-state index is 11.9. The summed E-state index contributed by atoms with van der Waals surface area (Å²) >= 11 is 0. The van der Waals surface area contributed by atoms with Gasteiger partial charge in [0.25, 0.3) is 10.0 Å². The van der Waals surface area contributed by atoms with Crippen LogP contribution < -0.4 is 4.72 Å². The molecule has 3 N–H and O–H groups in total. The molecule has 0 saturated carbocycles. The summed E-state index contributed by atoms with van der Waals surface area (Å²) < 4.78 is 27.6. The van der Waals surface area contributed by atoms with Crippen molar-refractivity contribution in [3.05, 3.63) is 23.9 Å². The maximum Gasteiger partial charge on any atom is 0.340 e. The standard InChI is InChI=1S/C8H10N6O4S/c1-14-4-10-12-6(14)3-11-19(17,18)7-5(8(15)16)2-9-13-7/h2,4,11H,3H2,1H3,(H,9,13)(H,15,16). The summed E-state index contributed by atoms with van der Waals surface area (Å²) in [5, 5.41) is 21.2. The number of nitrogens with one attached hydrogen (secondary N) is 2. The van der Waals surface area contributed by atoms with Gasteiger partial charge in [0.1, 0.15) is 17.7 Å². The average molecular weight is 286 g/mol. The molecule has 2 aromatic heterocycles. The first-order chi connectivity index (χ1) is 8.92. The first-order valence-electron chi connectivity index (χ1n) is 5.01. The number of H-pyrrole nitrogens is 1. The van der Waals surface area contributed by atoms with Gasteiger partial charge in [0.15, 0.2) is 5.03 Å². The molecule has 102 valence electrons. The van der Waals surface area contributed by atoms with E-state index in [-0.39, 0.29) is 6.54 Å². The van der Waals surface area contributed by atoms with Crippen LogP contribution in [0.15, 0.2) is 17.6 Å². The second-order valence-electron chi connectivity index (χ2n) is 3.60. The summed E-state index contributed by atoms with van der Waals surface area (Å²) in [6, 6.07) is 0. The van der Waals surface area contributed by atoms with E-state index in [2.05, 4.69) is 25.1 Å². The summed E-state index contributed by atoms with van der Waals surface area (Å²) in [7, 11) is -2.36. The molecule has 0 spiro atoms. The molecule has 19 heavy (non-hydrogen) atoms. The van der Waals surface area contributed by atoms with Crippen LogP contribution in [0.2, 0.25) is 0 Å². The number of hydrogen-bond donors (Lipinski definition) is 3. The van der Waals surface area contributed by atoms with Gasteiger partial charge < -0.3 is 9.67 Å². The molecule has 0 radical (unpaired) electrons. The maximum absolute atomic E-state index is 11.9. The molecule has 0 aromatic carbocycles. The number of carboxylic acid groups (broad SMARTS) is 1. The molecule has 0 amide bonds. The van der Waals surface area contributed by atoms with Crippen LogP contribution in [-0.2, 0) is 23.6 Å². The molecule has 11 heteroatoms. The third-order valence-corrected chi connectivity index (χ3v) is 3.70. The number of rotatable bonds is 5. The number of nitrogens with zero attached hydrogens (tertiary/aromatic N) is 4. The topological polar surface area (TPSA) is 143 Å². The van der Waals surface area contributed by atoms with Gasteiger partial charge >= 0.3 is 5.97 Å². The fraction of sp³-hybridized carbons (Fsp3) is 0.250. The number of aromatic nitrogens is 5. The van der Waals surface area contributed by atoms with E-state index in [1.54, 1.807) is 7.05 Å². The minimum absolute atomic E-state index is 0.114. The van der Waals surface area contributed by atoms with E-state index >= 15 is 0 Å². The Labute approximate surface area is 107 Å². The van der Waals surface area contributed by atoms with Crippen molar-refractivity contribution in [2.24, 2.45) is 7.05 Å². The van der Waals surface area contributed by atoms with Crippen molar-refractivity contribution in [2.45, 2.75) is 11.6 Å². The molecular weight excluding hydrogens is 276 g/mol. The Morgan fingerprint density at radius 2 is 2.32 bits per heavy atom. The van der Waals surface area contributed by atoms with Gasteiger partial charge in [-0.2, -0.15) is 5.10 Å². The van der Waals surface area contributed by atoms with Gasteiger partial charge in [-0.3, -0.25) is 5.10 Å². The molecule has 0 bridgehead atoms. The number of aromatic amines is 1. The number of hydrogen-bond acceptors (Lipinski definition) is 6. The molecule has 0 saturated heterocycles. The number of sulfonamides is 1. The SMILES string of the molecule is Cn1cnnc1CNS(=O)(=O)c1[nH]ncc1C(=O)O. The lowest BCUT2D eigenvalue weighted by atomic mass is 10.4. The third kappa shape index (κ3) is 2.61. The summed E-state index contributed by atoms with van der Waals surface area (Å²) in [6.07, 6.45) is 2.35. The molecule has 0 fully saturated rings. The number of carboxylic acids is 1. The Kier molecular flexibility index (Phi) is 3.31. The van der Waals surface area contributed by atoms with Crippen molar-refractivity contribution < 1.29 is 18.3 Å². The van der Waals surface area contributed by atoms with Crippen LogP contribution in [-0.4, -0.2) is 44.5 Å². The first kappa shape index (κ1) is 13.2. The van der Waals surface area contributed by atoms with E-state index in [1.165, 1.54) is 10.9 Å². The van der Waals surface area contributed by atoms with E-state index in [9.17, 15) is 13.2 Å². The predicted octanol–water partition coefficient (Wildman–Crippen LogP) is -1.29. The van der Waals surface area contributed by atoms with Gasteiger partial charge in [-0.1, -0.05) is 0 Å². The van der Waals surface area contributed by atoms with Crippen LogP contribution in [0.3, 0.4) is 0 Å². The Balaban J connectivity index is 2.21. The molecule has 2 heterocycles. The Bertz CT molecular complexity index is 702. The van der Waals surface area contributed by atoms with Gasteiger partial charge in [0.2, 0.25) is 0 Å². The van der Waals surface area contributed by atoms with Gasteiger partial charge in [-0.25, -0.2) is 17.9 Å². The van der Waals surface area contributed by atoms with Crippen molar-refractivity contribution in [1.82, 2.24) is 29.7 Å². The summed E-state index contributed by atoms with van der Waals surface area (Å²) in [5.41, 5.74) is -0.425. The average Bonchev–Trinajstić information content (AvgIpc) is 2.95. The van der Waals surface area contributed by atoms with E-state index in [1.807, 2.05) is 0 Å². The zero-order valence-electron chi connectivity index (χ0n) is 9.73. The second-order valence-corrected chi connectivity index (χ2v) is 5.30. The van der Waals surface area contributed by atoms with E-state index in [0.717, 1.165) is 6.20 Å². The monoisotopic (exact) mass is 286 g/mol. The van der Waals surface area contributed by atoms with Gasteiger partial charge in [0.05, 0.1) is 12.7 Å². The van der Waals surface area contributed by atoms with Crippen LogP contribution in [0.1, 0.15) is 16.2 Å². The number of aromatic carboxylic acids is 1. The van der Waals surface area contributed by atoms with Crippen LogP contribution in [0.5, 0.6) is 0 Å². The zero-order valence-corrected chi connectivity index (χ0v) is 10.5. The molecule has 10 nitrogen and oxygen atoms in total. The Morgan fingerprint density at radius 3 is 2.89 bits per heavy atom. The normalized spacial score (nSPS) is 11.6. The van der Waals surface area contributed by atoms with Crippen molar-refractivity contribution in [3.8, 4) is 0 Å². The van der Waals surface area contributed by atoms with E-state index in [0.29, 0.717) is 5.82 Å². The highest BCUT2D eigenvalue weighted by Crippen LogP contribution is 2.11. The van der Waals surface area contributed by atoms with Crippen LogP contribution in [0.25, 0.3) is 0 Å². The van der Waals surface area contributed by atoms with Crippen LogP contribution in [0, 0.1) is 0 Å². The molecular formula is C8H10N6O4S. The van der Waals surface area contributed by atoms with Crippen LogP contribution >= 0.6 is 0 Å². The smallest absolute Gasteiger partial charge is 0.340 e. The quantitative estimate of drug-likeness (QED) is 0.620. The zero-order chi connectivity index (χ0) is 14.0. The highest BCUT2D eigenvalue weighted by atomic mass is 32.2. The van der Waals surface area contributed by atoms with Crippen molar-refractivity contribution in [3.63, 3.8) is 0 Å². The molecule has 2 rings (SSSR count). The fourth-order valence-electron chi connectivity index (χ4n) is 1.33. The lowest BCUT2D eigenvalue weighted by Crippen LogP contribution is -2.26. The summed E-state index contributed by atoms with van der Waals surface area (Å²) in [5.74, 6) is -0.993. The van der Waals surface area contributed by atoms with Crippen molar-refractivity contribution >= 4 is 16.0 Å². The van der Waals surface area contributed by atoms with Gasteiger partial charge in [-0.15, -0.1) is 10.2 Å². The third-order valence-electron chi connectivity index (χ3n) is 2.33. The van der Waals surface area contributed by atoms with Gasteiger partial charge in [0, 0.05) is 7.05 Å². The van der Waals surface area contributed by atoms with Gasteiger partial charge in [-0.05, 0) is 0 Å². The predicted molar refractivity (Wildman–Crippen MR) is 60.6 cm³/mol. The largest absolute Gasteiger partial charge is 0.478 e. The number of aryl methyl sites for hydroxylation is 1. The lowest BCUT2D eigenvalue weighted by Gasteiger charge is -2.05. The number of carbonyl (C=O) groups is 1. The molecule has 0 aliphatic carbocycles. The van der Waals surface area contributed by atoms with Crippen molar-refractivity contribution in [1.29, 1.82) is 0 Å². The fourth-order valence-corrected chi connectivity index (χ4v) is 2.40. The molecule has 0 aliphatic rings. The minimum atomic E-state index is -4.02. The molecule has 0 atom stereocenters. The molecule has 2 aromatic rings. The van der Waals surface area contributed by atoms with E-state index < -0.39 is 26.6 Å². The Hall–Kier alpha value is -2.27. The second kappa shape index (κ2) is 4.78. The highest BCUT2D eigenvalue weighted by Gasteiger charge is 2.24. The summed E-state index contributed by atoms with van der Waals surface area (Å²) in [4.78, 5) is 10.8. The first-order valence-corrected chi connectivity index (χ1v) is 6.49. The van der Waals surface area contributed by atoms with Crippen LogP contribution in [0.4, 0.5) is 0 Å². The summed E-state index contributed by atoms with van der Waals surface area (Å²) in [6.45, 7) is -0.114. The lowest BCUT2D eigenvalue weighted by molar-refractivity contribution is 0.0692. The molecule has 0 unspecified atom stereocenters. The minimum Gasteiger partial charge on any atom is -0.478 e.